The van der Waals surface area contributed by atoms with Gasteiger partial charge in [0, 0.05) is 12.2 Å². The van der Waals surface area contributed by atoms with Crippen LogP contribution in [0.4, 0.5) is 0 Å². The molecule has 0 aromatic heterocycles. The fourth-order valence-corrected chi connectivity index (χ4v) is 3.06. The summed E-state index contributed by atoms with van der Waals surface area (Å²) >= 11 is 0. The predicted octanol–water partition coefficient (Wildman–Crippen LogP) is 2.02. The molecule has 8 heteroatoms. The van der Waals surface area contributed by atoms with Crippen LogP contribution in [0.15, 0.2) is 12.2 Å². The van der Waals surface area contributed by atoms with Gasteiger partial charge in [-0.1, -0.05) is 20.4 Å². The van der Waals surface area contributed by atoms with Crippen molar-refractivity contribution in [1.82, 2.24) is 0 Å². The molecule has 23 heavy (non-hydrogen) atoms. The van der Waals surface area contributed by atoms with Crippen LogP contribution in [-0.4, -0.2) is 42.6 Å². The zero-order valence-electron chi connectivity index (χ0n) is 14.4. The van der Waals surface area contributed by atoms with Gasteiger partial charge in [-0.15, -0.1) is 0 Å². The van der Waals surface area contributed by atoms with Crippen LogP contribution >= 0.6 is 0 Å². The first kappa shape index (κ1) is 22.0. The van der Waals surface area contributed by atoms with Crippen molar-refractivity contribution >= 4 is 16.1 Å². The van der Waals surface area contributed by atoms with Crippen LogP contribution in [0.2, 0.25) is 0 Å². The van der Waals surface area contributed by atoms with E-state index in [1.807, 2.05) is 13.8 Å². The van der Waals surface area contributed by atoms with Gasteiger partial charge in [0.1, 0.15) is 0 Å². The van der Waals surface area contributed by atoms with E-state index in [1.54, 1.807) is 6.92 Å². The third kappa shape index (κ3) is 6.21. The Balaban J connectivity index is 5.50. The van der Waals surface area contributed by atoms with E-state index in [4.69, 9.17) is 19.8 Å². The van der Waals surface area contributed by atoms with Crippen molar-refractivity contribution in [1.29, 1.82) is 0 Å². The van der Waals surface area contributed by atoms with Gasteiger partial charge in [0.05, 0.1) is 5.75 Å². The number of carbonyl (C=O) groups is 1. The highest BCUT2D eigenvalue weighted by molar-refractivity contribution is 7.85. The average Bonchev–Trinajstić information content (AvgIpc) is 2.43. The van der Waals surface area contributed by atoms with Crippen LogP contribution in [0.25, 0.3) is 0 Å². The van der Waals surface area contributed by atoms with E-state index in [-0.39, 0.29) is 25.0 Å². The third-order valence-corrected chi connectivity index (χ3v) is 4.71. The average molecular weight is 351 g/mol. The molecule has 136 valence electrons. The second-order valence-electron chi connectivity index (χ2n) is 5.58. The number of hydrogen-bond acceptors (Lipinski definition) is 6. The molecule has 0 aliphatic heterocycles. The molecule has 0 saturated carbocycles. The molecular weight excluding hydrogens is 322 g/mol. The second kappa shape index (κ2) is 8.77. The van der Waals surface area contributed by atoms with Gasteiger partial charge in [-0.2, -0.15) is 8.42 Å². The molecule has 0 aromatic carbocycles. The Kier molecular flexibility index (Phi) is 8.40. The molecule has 0 radical (unpaired) electrons. The molecule has 0 saturated heterocycles. The van der Waals surface area contributed by atoms with Crippen LogP contribution in [0, 0.1) is 0 Å². The molecule has 0 aliphatic rings. The van der Waals surface area contributed by atoms with Gasteiger partial charge in [-0.3, -0.25) is 4.55 Å². The minimum atomic E-state index is -4.09. The number of carbonyl (C=O) groups excluding carboxylic acids is 1. The first-order chi connectivity index (χ1) is 10.5. The Morgan fingerprint density at radius 2 is 1.78 bits per heavy atom. The highest BCUT2D eigenvalue weighted by Crippen LogP contribution is 2.36. The molecule has 3 N–H and O–H groups in total. The standard InChI is InChI=1S/C15H29NO6S/c1-6-14(7-2,22-13(17)12(4)5)15(16,21-8-3)10-9-11-23(18,19)20/h4,6-11,16H2,1-3,5H3,(H,18,19,20). The van der Waals surface area contributed by atoms with E-state index < -0.39 is 33.2 Å². The Bertz CT molecular complexity index is 512. The molecule has 0 fully saturated rings. The summed E-state index contributed by atoms with van der Waals surface area (Å²) in [5, 5.41) is 0. The van der Waals surface area contributed by atoms with Crippen LogP contribution in [-0.2, 0) is 24.4 Å². The number of esters is 1. The number of hydrogen-bond donors (Lipinski definition) is 2. The molecule has 0 rings (SSSR count). The molecule has 0 amide bonds. The highest BCUT2D eigenvalue weighted by atomic mass is 32.2. The highest BCUT2D eigenvalue weighted by Gasteiger charge is 2.50. The monoisotopic (exact) mass is 351 g/mol. The van der Waals surface area contributed by atoms with E-state index in [1.165, 1.54) is 6.92 Å². The van der Waals surface area contributed by atoms with E-state index in [0.29, 0.717) is 12.8 Å². The van der Waals surface area contributed by atoms with Crippen molar-refractivity contribution < 1.29 is 27.2 Å². The minimum absolute atomic E-state index is 0.0850. The zero-order chi connectivity index (χ0) is 18.3. The Hall–Kier alpha value is -0.960. The molecule has 0 bridgehead atoms. The molecule has 1 unspecified atom stereocenters. The smallest absolute Gasteiger partial charge is 0.333 e. The lowest BCUT2D eigenvalue weighted by molar-refractivity contribution is -0.212. The fraction of sp³-hybridized carbons (Fsp3) is 0.800. The zero-order valence-corrected chi connectivity index (χ0v) is 15.2. The summed E-state index contributed by atoms with van der Waals surface area (Å²) in [6, 6.07) is 0. The lowest BCUT2D eigenvalue weighted by Crippen LogP contribution is -2.64. The molecule has 0 heterocycles. The van der Waals surface area contributed by atoms with Crippen molar-refractivity contribution in [3.05, 3.63) is 12.2 Å². The van der Waals surface area contributed by atoms with Crippen molar-refractivity contribution in [3.63, 3.8) is 0 Å². The van der Waals surface area contributed by atoms with Gasteiger partial charge < -0.3 is 15.2 Å². The summed E-state index contributed by atoms with van der Waals surface area (Å²) < 4.78 is 42.0. The van der Waals surface area contributed by atoms with Crippen LogP contribution < -0.4 is 5.73 Å². The summed E-state index contributed by atoms with van der Waals surface area (Å²) in [7, 11) is -4.09. The quantitative estimate of drug-likeness (QED) is 0.253. The summed E-state index contributed by atoms with van der Waals surface area (Å²) in [6.07, 6.45) is 0.989. The van der Waals surface area contributed by atoms with Gasteiger partial charge in [0.15, 0.2) is 11.3 Å². The first-order valence-corrected chi connectivity index (χ1v) is 9.34. The topological polar surface area (TPSA) is 116 Å². The van der Waals surface area contributed by atoms with Gasteiger partial charge >= 0.3 is 5.97 Å². The van der Waals surface area contributed by atoms with Gasteiger partial charge in [0.25, 0.3) is 10.1 Å². The van der Waals surface area contributed by atoms with Gasteiger partial charge in [-0.25, -0.2) is 4.79 Å². The van der Waals surface area contributed by atoms with E-state index in [2.05, 4.69) is 6.58 Å². The van der Waals surface area contributed by atoms with Crippen molar-refractivity contribution in [2.24, 2.45) is 5.73 Å². The normalized spacial score (nSPS) is 15.0. The molecular formula is C15H29NO6S. The Labute approximate surface area is 139 Å². The molecule has 7 nitrogen and oxygen atoms in total. The van der Waals surface area contributed by atoms with Crippen LogP contribution in [0.1, 0.15) is 53.4 Å². The summed E-state index contributed by atoms with van der Waals surface area (Å²) in [6.45, 7) is 10.8. The number of rotatable bonds is 11. The summed E-state index contributed by atoms with van der Waals surface area (Å²) in [5.41, 5.74) is 4.15. The van der Waals surface area contributed by atoms with Crippen LogP contribution in [0.3, 0.4) is 0 Å². The lowest BCUT2D eigenvalue weighted by atomic mass is 9.82. The molecule has 1 atom stereocenters. The largest absolute Gasteiger partial charge is 0.451 e. The molecule has 0 aromatic rings. The summed E-state index contributed by atoms with van der Waals surface area (Å²) in [5.74, 6) is -1.00. The number of nitrogens with two attached hydrogens (primary N) is 1. The SMILES string of the molecule is C=C(C)C(=O)OC(CC)(CC)C(N)(CCCS(=O)(=O)O)OCC. The van der Waals surface area contributed by atoms with Crippen molar-refractivity contribution in [2.45, 2.75) is 64.7 Å². The van der Waals surface area contributed by atoms with E-state index >= 15 is 0 Å². The second-order valence-corrected chi connectivity index (χ2v) is 7.16. The number of ether oxygens (including phenoxy) is 2. The fourth-order valence-electron chi connectivity index (χ4n) is 2.55. The maximum Gasteiger partial charge on any atom is 0.333 e. The Morgan fingerprint density at radius 3 is 2.13 bits per heavy atom. The van der Waals surface area contributed by atoms with Crippen LogP contribution in [0.5, 0.6) is 0 Å². The summed E-state index contributed by atoms with van der Waals surface area (Å²) in [4.78, 5) is 12.0. The predicted molar refractivity (Wildman–Crippen MR) is 88.4 cm³/mol. The van der Waals surface area contributed by atoms with E-state index in [9.17, 15) is 13.2 Å². The van der Waals surface area contributed by atoms with Crippen molar-refractivity contribution in [3.8, 4) is 0 Å². The van der Waals surface area contributed by atoms with Crippen molar-refractivity contribution in [2.75, 3.05) is 12.4 Å². The molecule has 0 spiro atoms. The third-order valence-electron chi connectivity index (χ3n) is 3.90. The lowest BCUT2D eigenvalue weighted by Gasteiger charge is -2.46. The van der Waals surface area contributed by atoms with Gasteiger partial charge in [0.2, 0.25) is 0 Å². The molecule has 0 aliphatic carbocycles. The maximum atomic E-state index is 12.0. The first-order valence-electron chi connectivity index (χ1n) is 7.73. The van der Waals surface area contributed by atoms with Gasteiger partial charge in [-0.05, 0) is 39.5 Å². The minimum Gasteiger partial charge on any atom is -0.451 e. The van der Waals surface area contributed by atoms with E-state index in [0.717, 1.165) is 0 Å². The Morgan fingerprint density at radius 1 is 1.26 bits per heavy atom. The maximum absolute atomic E-state index is 12.0.